The molecule has 0 aliphatic heterocycles. The number of alkyl halides is 1. The van der Waals surface area contributed by atoms with Crippen molar-refractivity contribution in [3.63, 3.8) is 0 Å². The van der Waals surface area contributed by atoms with Gasteiger partial charge in [-0.1, -0.05) is 0 Å². The predicted octanol–water partition coefficient (Wildman–Crippen LogP) is 2.10. The van der Waals surface area contributed by atoms with Gasteiger partial charge in [0.05, 0.1) is 0 Å². The molecule has 0 fully saturated rings. The van der Waals surface area contributed by atoms with Crippen molar-refractivity contribution in [2.24, 2.45) is 0 Å². The van der Waals surface area contributed by atoms with Gasteiger partial charge < -0.3 is 0 Å². The van der Waals surface area contributed by atoms with E-state index in [-0.39, 0.29) is 0 Å². The Balaban J connectivity index is 3.17. The van der Waals surface area contributed by atoms with Crippen molar-refractivity contribution >= 4 is 24.9 Å². The molecule has 0 aromatic heterocycles. The summed E-state index contributed by atoms with van der Waals surface area (Å²) in [6.07, 6.45) is 0. The molecule has 0 unspecified atom stereocenters. The number of rotatable bonds is 1. The minimum absolute atomic E-state index is 0.931. The molecule has 0 saturated carbocycles. The quantitative estimate of drug-likeness (QED) is 0.414. The van der Waals surface area contributed by atoms with Crippen LogP contribution < -0.4 is 0 Å². The van der Waals surface area contributed by atoms with E-state index < -0.39 is 13.3 Å². The second kappa shape index (κ2) is 2.22. The summed E-state index contributed by atoms with van der Waals surface area (Å²) in [5.41, 5.74) is 0. The van der Waals surface area contributed by atoms with Crippen LogP contribution in [-0.2, 0) is 0 Å². The van der Waals surface area contributed by atoms with Crippen LogP contribution in [0.5, 0.6) is 0 Å². The molecule has 0 aliphatic rings. The molecule has 38 valence electrons. The van der Waals surface area contributed by atoms with Crippen molar-refractivity contribution in [1.29, 1.82) is 0 Å². The van der Waals surface area contributed by atoms with Crippen molar-refractivity contribution in [3.8, 4) is 0 Å². The summed E-state index contributed by atoms with van der Waals surface area (Å²) in [4.78, 5) is 0. The summed E-state index contributed by atoms with van der Waals surface area (Å²) < 4.78 is 0.931. The van der Waals surface area contributed by atoms with Crippen molar-refractivity contribution in [1.82, 2.24) is 0 Å². The molecule has 0 heterocycles. The van der Waals surface area contributed by atoms with Gasteiger partial charge in [0.2, 0.25) is 0 Å². The Morgan fingerprint density at radius 3 is 1.50 bits per heavy atom. The first-order valence-electron chi connectivity index (χ1n) is 2.12. The summed E-state index contributed by atoms with van der Waals surface area (Å²) in [6, 6.07) is 0. The van der Waals surface area contributed by atoms with Crippen LogP contribution in [0.4, 0.5) is 0 Å². The summed E-state index contributed by atoms with van der Waals surface area (Å²) in [7, 11) is 0. The first kappa shape index (κ1) is 6.83. The van der Waals surface area contributed by atoms with Gasteiger partial charge in [0, 0.05) is 0 Å². The van der Waals surface area contributed by atoms with Crippen LogP contribution in [0, 0.1) is 0 Å². The molecule has 0 aromatic carbocycles. The molecule has 0 spiro atoms. The maximum atomic E-state index is 5.56. The zero-order chi connectivity index (χ0) is 5.21. The third-order valence-electron chi connectivity index (χ3n) is 0.401. The van der Waals surface area contributed by atoms with E-state index in [0.717, 1.165) is 4.71 Å². The third-order valence-corrected chi connectivity index (χ3v) is 6.25. The molecular weight excluding hydrogens is 156 g/mol. The van der Waals surface area contributed by atoms with Gasteiger partial charge in [-0.15, -0.1) is 0 Å². The molecule has 0 nitrogen and oxygen atoms in total. The minimum atomic E-state index is -1.28. The fourth-order valence-corrected chi connectivity index (χ4v) is 0. The molecule has 0 saturated heterocycles. The molecule has 0 bridgehead atoms. The number of hydrogen-bond acceptors (Lipinski definition) is 0. The van der Waals surface area contributed by atoms with Gasteiger partial charge in [-0.2, -0.15) is 0 Å². The van der Waals surface area contributed by atoms with Crippen LogP contribution in [-0.4, -0.2) is 18.0 Å². The van der Waals surface area contributed by atoms with Gasteiger partial charge in [-0.25, -0.2) is 0 Å². The molecule has 0 rings (SSSR count). The molecule has 2 heteroatoms. The third kappa shape index (κ3) is 4.83. The Morgan fingerprint density at radius 1 is 1.33 bits per heavy atom. The van der Waals surface area contributed by atoms with Crippen LogP contribution in [0.1, 0.15) is 0 Å². The summed E-state index contributed by atoms with van der Waals surface area (Å²) in [5.74, 6) is 6.90. The second-order valence-electron chi connectivity index (χ2n) is 2.69. The van der Waals surface area contributed by atoms with Crippen molar-refractivity contribution < 1.29 is 0 Å². The van der Waals surface area contributed by atoms with Gasteiger partial charge in [-0.05, 0) is 0 Å². The van der Waals surface area contributed by atoms with E-state index >= 15 is 0 Å². The Hall–Kier alpha value is 0.833. The molecular formula is C4H11ClGe. The maximum absolute atomic E-state index is 5.56. The molecule has 6 heavy (non-hydrogen) atoms. The van der Waals surface area contributed by atoms with Crippen LogP contribution >= 0.6 is 11.6 Å². The fourth-order valence-electron chi connectivity index (χ4n) is 0. The summed E-state index contributed by atoms with van der Waals surface area (Å²) >= 11 is 4.28. The van der Waals surface area contributed by atoms with Crippen molar-refractivity contribution in [2.45, 2.75) is 17.3 Å². The molecule has 0 radical (unpaired) electrons. The molecule has 0 amide bonds. The standard InChI is InChI=1S/C4H11ClGe/c1-6(2,3)4-5/h4H2,1-3H3. The summed E-state index contributed by atoms with van der Waals surface area (Å²) in [5, 5.41) is 0. The summed E-state index contributed by atoms with van der Waals surface area (Å²) in [6.45, 7) is 0. The Labute approximate surface area is 47.2 Å². The SMILES string of the molecule is [CH3][Ge]([CH3])([CH3])[CH2]Cl. The Kier molecular flexibility index (Phi) is 2.53. The first-order chi connectivity index (χ1) is 2.56. The van der Waals surface area contributed by atoms with Gasteiger partial charge in [0.1, 0.15) is 0 Å². The second-order valence-corrected chi connectivity index (χ2v) is 15.4. The number of halogens is 1. The fraction of sp³-hybridized carbons (Fsp3) is 1.00. The topological polar surface area (TPSA) is 0 Å². The monoisotopic (exact) mass is 168 g/mol. The van der Waals surface area contributed by atoms with Crippen LogP contribution in [0.2, 0.25) is 17.3 Å². The normalized spacial score (nSPS) is 12.0. The van der Waals surface area contributed by atoms with E-state index in [4.69, 9.17) is 11.6 Å². The average molecular weight is 167 g/mol. The molecule has 0 aliphatic carbocycles. The van der Waals surface area contributed by atoms with Crippen LogP contribution in [0.25, 0.3) is 0 Å². The van der Waals surface area contributed by atoms with E-state index in [9.17, 15) is 0 Å². The molecule has 0 aromatic rings. The van der Waals surface area contributed by atoms with Crippen LogP contribution in [0.15, 0.2) is 0 Å². The van der Waals surface area contributed by atoms with Crippen molar-refractivity contribution in [2.75, 3.05) is 4.71 Å². The van der Waals surface area contributed by atoms with E-state index in [2.05, 4.69) is 17.3 Å². The molecule has 0 N–H and O–H groups in total. The zero-order valence-electron chi connectivity index (χ0n) is 4.59. The van der Waals surface area contributed by atoms with E-state index in [1.54, 1.807) is 0 Å². The van der Waals surface area contributed by atoms with Gasteiger partial charge in [0.15, 0.2) is 0 Å². The van der Waals surface area contributed by atoms with E-state index in [1.165, 1.54) is 0 Å². The zero-order valence-corrected chi connectivity index (χ0v) is 7.44. The van der Waals surface area contributed by atoms with Crippen LogP contribution in [0.3, 0.4) is 0 Å². The van der Waals surface area contributed by atoms with Gasteiger partial charge >= 0.3 is 46.8 Å². The Bertz CT molecular complexity index is 37.3. The first-order valence-corrected chi connectivity index (χ1v) is 10.4. The van der Waals surface area contributed by atoms with Gasteiger partial charge in [0.25, 0.3) is 0 Å². The number of hydrogen-bond donors (Lipinski definition) is 0. The van der Waals surface area contributed by atoms with Crippen molar-refractivity contribution in [3.05, 3.63) is 0 Å². The van der Waals surface area contributed by atoms with E-state index in [0.29, 0.717) is 0 Å². The van der Waals surface area contributed by atoms with Gasteiger partial charge in [-0.3, -0.25) is 0 Å². The Morgan fingerprint density at radius 2 is 1.50 bits per heavy atom. The average Bonchev–Trinajstić information content (AvgIpc) is 1.35. The predicted molar refractivity (Wildman–Crippen MR) is 34.1 cm³/mol. The molecule has 0 atom stereocenters. The van der Waals surface area contributed by atoms with E-state index in [1.807, 2.05) is 0 Å².